The molecule has 2 rings (SSSR count). The summed E-state index contributed by atoms with van der Waals surface area (Å²) in [6.45, 7) is 9.59. The zero-order chi connectivity index (χ0) is 15.4. The second kappa shape index (κ2) is 6.90. The molecule has 1 N–H and O–H groups in total. The van der Waals surface area contributed by atoms with E-state index in [9.17, 15) is 0 Å². The summed E-state index contributed by atoms with van der Waals surface area (Å²) in [5.41, 5.74) is 1.10. The molecule has 0 fully saturated rings. The smallest absolute Gasteiger partial charge is 0.136 e. The summed E-state index contributed by atoms with van der Waals surface area (Å²) >= 11 is 0. The van der Waals surface area contributed by atoms with Gasteiger partial charge in [0.1, 0.15) is 5.82 Å². The first kappa shape index (κ1) is 15.8. The van der Waals surface area contributed by atoms with Crippen LogP contribution in [0.15, 0.2) is 30.3 Å². The van der Waals surface area contributed by atoms with Gasteiger partial charge in [0.2, 0.25) is 0 Å². The molecule has 0 aliphatic carbocycles. The molecule has 0 bridgehead atoms. The lowest BCUT2D eigenvalue weighted by Gasteiger charge is -2.27. The van der Waals surface area contributed by atoms with Crippen molar-refractivity contribution in [3.8, 4) is 0 Å². The highest BCUT2D eigenvalue weighted by Crippen LogP contribution is 2.26. The van der Waals surface area contributed by atoms with Gasteiger partial charge in [-0.2, -0.15) is 0 Å². The minimum absolute atomic E-state index is 0.467. The van der Waals surface area contributed by atoms with Gasteiger partial charge in [0.05, 0.1) is 5.69 Å². The summed E-state index contributed by atoms with van der Waals surface area (Å²) in [7, 11) is 2.14. The lowest BCUT2D eigenvalue weighted by Crippen LogP contribution is -2.29. The standard InChI is InChI=1S/C18H27N3/c1-6-14(4)21(5)18-17-10-8-7-9-15(17)11-16(20-18)12-19-13(2)3/h7-11,13-14,19H,6,12H2,1-5H3. The molecule has 2 aromatic rings. The van der Waals surface area contributed by atoms with E-state index in [0.717, 1.165) is 24.5 Å². The van der Waals surface area contributed by atoms with Crippen LogP contribution in [0.2, 0.25) is 0 Å². The van der Waals surface area contributed by atoms with Crippen molar-refractivity contribution in [1.82, 2.24) is 10.3 Å². The Kier molecular flexibility index (Phi) is 5.18. The quantitative estimate of drug-likeness (QED) is 0.870. The van der Waals surface area contributed by atoms with Crippen molar-refractivity contribution in [3.63, 3.8) is 0 Å². The van der Waals surface area contributed by atoms with Crippen LogP contribution >= 0.6 is 0 Å². The van der Waals surface area contributed by atoms with E-state index >= 15 is 0 Å². The number of benzene rings is 1. The molecule has 3 heteroatoms. The Hall–Kier alpha value is -1.61. The Balaban J connectivity index is 2.45. The van der Waals surface area contributed by atoms with Crippen LogP contribution < -0.4 is 10.2 Å². The van der Waals surface area contributed by atoms with E-state index in [1.807, 2.05) is 0 Å². The van der Waals surface area contributed by atoms with Crippen molar-refractivity contribution in [2.45, 2.75) is 52.7 Å². The number of hydrogen-bond donors (Lipinski definition) is 1. The van der Waals surface area contributed by atoms with Crippen LogP contribution in [0, 0.1) is 0 Å². The highest BCUT2D eigenvalue weighted by Gasteiger charge is 2.14. The van der Waals surface area contributed by atoms with E-state index in [1.165, 1.54) is 10.8 Å². The summed E-state index contributed by atoms with van der Waals surface area (Å²) in [6, 6.07) is 11.7. The molecule has 21 heavy (non-hydrogen) atoms. The monoisotopic (exact) mass is 285 g/mol. The summed E-state index contributed by atoms with van der Waals surface area (Å²) in [6.07, 6.45) is 1.11. The summed E-state index contributed by atoms with van der Waals surface area (Å²) in [5, 5.41) is 5.95. The van der Waals surface area contributed by atoms with E-state index in [0.29, 0.717) is 12.1 Å². The molecule has 1 heterocycles. The molecule has 0 aliphatic heterocycles. The molecule has 1 aromatic carbocycles. The van der Waals surface area contributed by atoms with E-state index in [-0.39, 0.29) is 0 Å². The van der Waals surface area contributed by atoms with Crippen molar-refractivity contribution >= 4 is 16.6 Å². The van der Waals surface area contributed by atoms with Crippen LogP contribution in [0.1, 0.15) is 39.8 Å². The van der Waals surface area contributed by atoms with Crippen LogP contribution in [-0.2, 0) is 6.54 Å². The number of nitrogens with zero attached hydrogens (tertiary/aromatic N) is 2. The second-order valence-corrected chi connectivity index (χ2v) is 6.06. The van der Waals surface area contributed by atoms with Gasteiger partial charge in [-0.05, 0) is 24.8 Å². The Morgan fingerprint density at radius 1 is 1.19 bits per heavy atom. The molecule has 114 valence electrons. The van der Waals surface area contributed by atoms with Gasteiger partial charge in [-0.15, -0.1) is 0 Å². The first-order valence-corrected chi connectivity index (χ1v) is 7.87. The molecule has 3 nitrogen and oxygen atoms in total. The Morgan fingerprint density at radius 3 is 2.57 bits per heavy atom. The second-order valence-electron chi connectivity index (χ2n) is 6.06. The highest BCUT2D eigenvalue weighted by molar-refractivity contribution is 5.92. The average Bonchev–Trinajstić information content (AvgIpc) is 2.50. The third-order valence-electron chi connectivity index (χ3n) is 4.05. The van der Waals surface area contributed by atoms with Gasteiger partial charge in [-0.3, -0.25) is 0 Å². The van der Waals surface area contributed by atoms with E-state index in [2.05, 4.69) is 75.3 Å². The molecule has 0 spiro atoms. The number of hydrogen-bond acceptors (Lipinski definition) is 3. The zero-order valence-corrected chi connectivity index (χ0v) is 13.9. The number of anilines is 1. The van der Waals surface area contributed by atoms with Crippen LogP contribution in [0.25, 0.3) is 10.8 Å². The fourth-order valence-electron chi connectivity index (χ4n) is 2.39. The highest BCUT2D eigenvalue weighted by atomic mass is 15.2. The number of fused-ring (bicyclic) bond motifs is 1. The normalized spacial score (nSPS) is 12.9. The lowest BCUT2D eigenvalue weighted by atomic mass is 10.1. The minimum atomic E-state index is 0.467. The molecule has 0 amide bonds. The van der Waals surface area contributed by atoms with E-state index in [1.54, 1.807) is 0 Å². The van der Waals surface area contributed by atoms with E-state index in [4.69, 9.17) is 4.98 Å². The predicted molar refractivity (Wildman–Crippen MR) is 91.9 cm³/mol. The Labute approximate surface area is 128 Å². The van der Waals surface area contributed by atoms with Crippen LogP contribution in [0.5, 0.6) is 0 Å². The molecule has 0 saturated heterocycles. The van der Waals surface area contributed by atoms with Gasteiger partial charge in [-0.25, -0.2) is 4.98 Å². The summed E-state index contributed by atoms with van der Waals surface area (Å²) in [4.78, 5) is 7.20. The fraction of sp³-hybridized carbons (Fsp3) is 0.500. The van der Waals surface area contributed by atoms with Crippen molar-refractivity contribution in [2.75, 3.05) is 11.9 Å². The van der Waals surface area contributed by atoms with Gasteiger partial charge in [0.25, 0.3) is 0 Å². The van der Waals surface area contributed by atoms with Crippen molar-refractivity contribution in [1.29, 1.82) is 0 Å². The van der Waals surface area contributed by atoms with Gasteiger partial charge in [-0.1, -0.05) is 45.0 Å². The Bertz CT molecular complexity index is 592. The van der Waals surface area contributed by atoms with Crippen molar-refractivity contribution in [3.05, 3.63) is 36.0 Å². The largest absolute Gasteiger partial charge is 0.356 e. The maximum Gasteiger partial charge on any atom is 0.136 e. The molecule has 0 saturated carbocycles. The average molecular weight is 285 g/mol. The number of nitrogens with one attached hydrogen (secondary N) is 1. The van der Waals surface area contributed by atoms with Crippen LogP contribution in [0.4, 0.5) is 5.82 Å². The first-order valence-electron chi connectivity index (χ1n) is 7.87. The number of rotatable bonds is 6. The summed E-state index contributed by atoms with van der Waals surface area (Å²) < 4.78 is 0. The minimum Gasteiger partial charge on any atom is -0.356 e. The predicted octanol–water partition coefficient (Wildman–Crippen LogP) is 3.97. The third-order valence-corrected chi connectivity index (χ3v) is 4.05. The SMILES string of the molecule is CCC(C)N(C)c1nc(CNC(C)C)cc2ccccc12. The maximum atomic E-state index is 4.91. The molecular weight excluding hydrogens is 258 g/mol. The molecule has 0 radical (unpaired) electrons. The lowest BCUT2D eigenvalue weighted by molar-refractivity contribution is 0.580. The van der Waals surface area contributed by atoms with Crippen molar-refractivity contribution < 1.29 is 0 Å². The molecule has 0 aliphatic rings. The zero-order valence-electron chi connectivity index (χ0n) is 13.9. The molecule has 1 unspecified atom stereocenters. The molecular formula is C18H27N3. The summed E-state index contributed by atoms with van der Waals surface area (Å²) in [5.74, 6) is 1.09. The van der Waals surface area contributed by atoms with Gasteiger partial charge >= 0.3 is 0 Å². The topological polar surface area (TPSA) is 28.2 Å². The maximum absolute atomic E-state index is 4.91. The van der Waals surface area contributed by atoms with E-state index < -0.39 is 0 Å². The van der Waals surface area contributed by atoms with Crippen LogP contribution in [0.3, 0.4) is 0 Å². The van der Waals surface area contributed by atoms with Crippen molar-refractivity contribution in [2.24, 2.45) is 0 Å². The number of pyridine rings is 1. The fourth-order valence-corrected chi connectivity index (χ4v) is 2.39. The van der Waals surface area contributed by atoms with Gasteiger partial charge in [0.15, 0.2) is 0 Å². The molecule has 1 atom stereocenters. The first-order chi connectivity index (χ1) is 10.0. The third kappa shape index (κ3) is 3.73. The number of aromatic nitrogens is 1. The van der Waals surface area contributed by atoms with Crippen LogP contribution in [-0.4, -0.2) is 24.1 Å². The molecule has 1 aromatic heterocycles. The van der Waals surface area contributed by atoms with Gasteiger partial charge < -0.3 is 10.2 Å². The van der Waals surface area contributed by atoms with Gasteiger partial charge in [0, 0.05) is 31.1 Å². The Morgan fingerprint density at radius 2 is 1.90 bits per heavy atom.